The molecule has 0 aliphatic heterocycles. The van der Waals surface area contributed by atoms with Crippen molar-refractivity contribution in [2.75, 3.05) is 13.7 Å². The van der Waals surface area contributed by atoms with Crippen LogP contribution in [0.15, 0.2) is 30.3 Å². The molecule has 0 aliphatic rings. The number of carbonyl (C=O) groups excluding carboxylic acids is 1. The Morgan fingerprint density at radius 1 is 1.46 bits per heavy atom. The molecule has 1 N–H and O–H groups in total. The fraction of sp³-hybridized carbons (Fsp3) is 0.300. The highest BCUT2D eigenvalue weighted by molar-refractivity contribution is 5.78. The Kier molecular flexibility index (Phi) is 3.46. The van der Waals surface area contributed by atoms with Gasteiger partial charge >= 0.3 is 5.97 Å². The van der Waals surface area contributed by atoms with Gasteiger partial charge in [-0.2, -0.15) is 0 Å². The molecule has 0 fully saturated rings. The zero-order valence-corrected chi connectivity index (χ0v) is 7.43. The monoisotopic (exact) mass is 180 g/mol. The summed E-state index contributed by atoms with van der Waals surface area (Å²) in [6, 6.07) is 9.08. The van der Waals surface area contributed by atoms with Gasteiger partial charge in [0.2, 0.25) is 0 Å². The average molecular weight is 180 g/mol. The molecule has 1 aromatic carbocycles. The van der Waals surface area contributed by atoms with Crippen LogP contribution < -0.4 is 0 Å². The largest absolute Gasteiger partial charge is 0.468 e. The maximum atomic E-state index is 11.2. The minimum absolute atomic E-state index is 0.226. The molecular formula is C10H12O3. The molecule has 0 radical (unpaired) electrons. The van der Waals surface area contributed by atoms with Gasteiger partial charge in [-0.05, 0) is 5.56 Å². The number of aliphatic hydroxyl groups excluding tert-OH is 1. The molecule has 0 bridgehead atoms. The van der Waals surface area contributed by atoms with Crippen molar-refractivity contribution in [2.24, 2.45) is 0 Å². The molecule has 1 rings (SSSR count). The van der Waals surface area contributed by atoms with E-state index in [2.05, 4.69) is 4.74 Å². The van der Waals surface area contributed by atoms with E-state index < -0.39 is 11.9 Å². The van der Waals surface area contributed by atoms with Gasteiger partial charge in [-0.3, -0.25) is 4.79 Å². The van der Waals surface area contributed by atoms with Crippen molar-refractivity contribution in [3.05, 3.63) is 35.9 Å². The normalized spacial score (nSPS) is 12.2. The lowest BCUT2D eigenvalue weighted by Crippen LogP contribution is -2.17. The third-order valence-corrected chi connectivity index (χ3v) is 1.87. The number of benzene rings is 1. The predicted octanol–water partition coefficient (Wildman–Crippen LogP) is 0.935. The minimum atomic E-state index is -0.564. The average Bonchev–Trinajstić information content (AvgIpc) is 2.20. The molecule has 0 saturated carbocycles. The third kappa shape index (κ3) is 2.29. The summed E-state index contributed by atoms with van der Waals surface area (Å²) in [5.41, 5.74) is 0.775. The highest BCUT2D eigenvalue weighted by Crippen LogP contribution is 2.15. The number of carbonyl (C=O) groups is 1. The first-order valence-corrected chi connectivity index (χ1v) is 4.03. The zero-order valence-electron chi connectivity index (χ0n) is 7.43. The molecule has 0 amide bonds. The fourth-order valence-electron chi connectivity index (χ4n) is 1.14. The smallest absolute Gasteiger partial charge is 0.315 e. The van der Waals surface area contributed by atoms with Gasteiger partial charge in [-0.1, -0.05) is 30.3 Å². The summed E-state index contributed by atoms with van der Waals surface area (Å²) in [6.45, 7) is -0.226. The van der Waals surface area contributed by atoms with Gasteiger partial charge in [-0.15, -0.1) is 0 Å². The summed E-state index contributed by atoms with van der Waals surface area (Å²) >= 11 is 0. The van der Waals surface area contributed by atoms with E-state index in [4.69, 9.17) is 5.11 Å². The van der Waals surface area contributed by atoms with Crippen LogP contribution in [0, 0.1) is 0 Å². The Labute approximate surface area is 77.0 Å². The first kappa shape index (κ1) is 9.74. The number of methoxy groups -OCH3 is 1. The Hall–Kier alpha value is -1.35. The van der Waals surface area contributed by atoms with Crippen molar-refractivity contribution in [3.63, 3.8) is 0 Å². The second kappa shape index (κ2) is 4.62. The van der Waals surface area contributed by atoms with E-state index in [-0.39, 0.29) is 6.61 Å². The van der Waals surface area contributed by atoms with Crippen LogP contribution in [0.3, 0.4) is 0 Å². The van der Waals surface area contributed by atoms with Gasteiger partial charge in [0, 0.05) is 0 Å². The van der Waals surface area contributed by atoms with Crippen molar-refractivity contribution in [1.29, 1.82) is 0 Å². The van der Waals surface area contributed by atoms with Crippen LogP contribution in [0.2, 0.25) is 0 Å². The Balaban J connectivity index is 2.85. The second-order valence-electron chi connectivity index (χ2n) is 2.67. The van der Waals surface area contributed by atoms with Gasteiger partial charge in [0.15, 0.2) is 0 Å². The number of esters is 1. The first-order valence-electron chi connectivity index (χ1n) is 4.03. The van der Waals surface area contributed by atoms with Gasteiger partial charge < -0.3 is 9.84 Å². The summed E-state index contributed by atoms with van der Waals surface area (Å²) in [6.07, 6.45) is 0. The number of rotatable bonds is 3. The van der Waals surface area contributed by atoms with E-state index in [1.165, 1.54) is 7.11 Å². The van der Waals surface area contributed by atoms with E-state index in [9.17, 15) is 4.79 Å². The maximum absolute atomic E-state index is 11.2. The molecule has 3 heteroatoms. The second-order valence-corrected chi connectivity index (χ2v) is 2.67. The fourth-order valence-corrected chi connectivity index (χ4v) is 1.14. The van der Waals surface area contributed by atoms with Crippen LogP contribution in [0.1, 0.15) is 11.5 Å². The summed E-state index contributed by atoms with van der Waals surface area (Å²) < 4.78 is 4.56. The number of ether oxygens (including phenoxy) is 1. The van der Waals surface area contributed by atoms with Crippen molar-refractivity contribution >= 4 is 5.97 Å². The quantitative estimate of drug-likeness (QED) is 0.704. The van der Waals surface area contributed by atoms with Gasteiger partial charge in [0.05, 0.1) is 13.7 Å². The van der Waals surface area contributed by atoms with E-state index in [1.54, 1.807) is 12.1 Å². The molecule has 3 nitrogen and oxygen atoms in total. The van der Waals surface area contributed by atoms with Crippen molar-refractivity contribution in [3.8, 4) is 0 Å². The van der Waals surface area contributed by atoms with E-state index in [0.717, 1.165) is 5.56 Å². The lowest BCUT2D eigenvalue weighted by atomic mass is 10.0. The van der Waals surface area contributed by atoms with Gasteiger partial charge in [-0.25, -0.2) is 0 Å². The number of hydrogen-bond acceptors (Lipinski definition) is 3. The molecule has 0 spiro atoms. The van der Waals surface area contributed by atoms with Crippen molar-refractivity contribution in [1.82, 2.24) is 0 Å². The lowest BCUT2D eigenvalue weighted by Gasteiger charge is -2.11. The highest BCUT2D eigenvalue weighted by atomic mass is 16.5. The van der Waals surface area contributed by atoms with Crippen molar-refractivity contribution in [2.45, 2.75) is 5.92 Å². The lowest BCUT2D eigenvalue weighted by molar-refractivity contribution is -0.143. The van der Waals surface area contributed by atoms with E-state index in [0.29, 0.717) is 0 Å². The minimum Gasteiger partial charge on any atom is -0.468 e. The van der Waals surface area contributed by atoms with Crippen LogP contribution in [0.5, 0.6) is 0 Å². The molecule has 1 atom stereocenters. The van der Waals surface area contributed by atoms with Gasteiger partial charge in [0.1, 0.15) is 5.92 Å². The maximum Gasteiger partial charge on any atom is 0.315 e. The van der Waals surface area contributed by atoms with Crippen LogP contribution in [0.25, 0.3) is 0 Å². The first-order chi connectivity index (χ1) is 6.29. The molecule has 0 unspecified atom stereocenters. The van der Waals surface area contributed by atoms with Crippen LogP contribution in [-0.4, -0.2) is 24.8 Å². The molecule has 0 saturated heterocycles. The molecule has 0 aromatic heterocycles. The highest BCUT2D eigenvalue weighted by Gasteiger charge is 2.19. The number of hydrogen-bond donors (Lipinski definition) is 1. The predicted molar refractivity (Wildman–Crippen MR) is 48.3 cm³/mol. The SMILES string of the molecule is COC(=O)[C@H](CO)c1ccccc1. The van der Waals surface area contributed by atoms with Crippen molar-refractivity contribution < 1.29 is 14.6 Å². The van der Waals surface area contributed by atoms with E-state index in [1.807, 2.05) is 18.2 Å². The Morgan fingerprint density at radius 2 is 2.08 bits per heavy atom. The molecule has 70 valence electrons. The van der Waals surface area contributed by atoms with Crippen LogP contribution in [-0.2, 0) is 9.53 Å². The van der Waals surface area contributed by atoms with E-state index >= 15 is 0 Å². The molecule has 13 heavy (non-hydrogen) atoms. The summed E-state index contributed by atoms with van der Waals surface area (Å²) in [7, 11) is 1.31. The summed E-state index contributed by atoms with van der Waals surface area (Å²) in [5, 5.41) is 8.98. The summed E-state index contributed by atoms with van der Waals surface area (Å²) in [5.74, 6) is -0.972. The zero-order chi connectivity index (χ0) is 9.68. The van der Waals surface area contributed by atoms with Crippen LogP contribution in [0.4, 0.5) is 0 Å². The topological polar surface area (TPSA) is 46.5 Å². The number of aliphatic hydroxyl groups is 1. The van der Waals surface area contributed by atoms with Gasteiger partial charge in [0.25, 0.3) is 0 Å². The molecule has 0 heterocycles. The summed E-state index contributed by atoms with van der Waals surface area (Å²) in [4.78, 5) is 11.2. The Morgan fingerprint density at radius 3 is 2.54 bits per heavy atom. The molecule has 1 aromatic rings. The standard InChI is InChI=1S/C10H12O3/c1-13-10(12)9(7-11)8-5-3-2-4-6-8/h2-6,9,11H,7H2,1H3/t9-/m1/s1. The molecular weight excluding hydrogens is 168 g/mol. The molecule has 0 aliphatic carbocycles. The Bertz CT molecular complexity index is 269. The third-order valence-electron chi connectivity index (χ3n) is 1.87. The van der Waals surface area contributed by atoms with Crippen LogP contribution >= 0.6 is 0 Å².